The van der Waals surface area contributed by atoms with E-state index >= 15 is 0 Å². The first-order chi connectivity index (χ1) is 19.8. The Balaban J connectivity index is 0.000000238. The lowest BCUT2D eigenvalue weighted by Gasteiger charge is -2.30. The minimum absolute atomic E-state index is 0. The summed E-state index contributed by atoms with van der Waals surface area (Å²) >= 11 is 0. The fourth-order valence-electron chi connectivity index (χ4n) is 4.59. The smallest absolute Gasteiger partial charge is 0.417 e. The number of imide groups is 2. The van der Waals surface area contributed by atoms with Crippen molar-refractivity contribution in [2.45, 2.75) is 51.0 Å². The highest BCUT2D eigenvalue weighted by Gasteiger charge is 2.31. The molecule has 0 saturated heterocycles. The van der Waals surface area contributed by atoms with Crippen molar-refractivity contribution in [1.29, 1.82) is 0 Å². The first-order valence-corrected chi connectivity index (χ1v) is 13.5. The highest BCUT2D eigenvalue weighted by Crippen LogP contribution is 2.20. The molecule has 0 radical (unpaired) electrons. The molecular formula is C30H35ClN4O7. The molecular weight excluding hydrogens is 564 g/mol. The standard InChI is InChI=1S/C18H23N3O3.C12H11NO4.ClH/c19-15-8-4-5-9-16(15)20-14-10-17(22)21(11-14)18(23)24-12-13-6-2-1-3-7-13;14-10-6-11(15)13(7-10)12(16)17-8-9-4-2-1-3-5-9;/h1-3,6-7,10,15-16,20H,4-5,8-9,11-12,19H2;1-6,14H,7-8H2;1H/t15-,16?;;/m1../s1. The summed E-state index contributed by atoms with van der Waals surface area (Å²) in [4.78, 5) is 48.9. The van der Waals surface area contributed by atoms with E-state index in [9.17, 15) is 19.2 Å². The van der Waals surface area contributed by atoms with Gasteiger partial charge >= 0.3 is 12.2 Å². The van der Waals surface area contributed by atoms with Gasteiger partial charge in [-0.1, -0.05) is 73.5 Å². The van der Waals surface area contributed by atoms with Gasteiger partial charge in [-0.2, -0.15) is 0 Å². The van der Waals surface area contributed by atoms with Crippen LogP contribution in [0.1, 0.15) is 36.8 Å². The average Bonchev–Trinajstić information content (AvgIpc) is 3.53. The summed E-state index contributed by atoms with van der Waals surface area (Å²) in [5.41, 5.74) is 8.58. The zero-order valence-electron chi connectivity index (χ0n) is 23.0. The van der Waals surface area contributed by atoms with Crippen LogP contribution in [0.4, 0.5) is 9.59 Å². The van der Waals surface area contributed by atoms with Gasteiger partial charge in [0, 0.05) is 29.9 Å². The van der Waals surface area contributed by atoms with Crippen LogP contribution in [0.15, 0.2) is 84.3 Å². The van der Waals surface area contributed by atoms with Crippen molar-refractivity contribution in [2.24, 2.45) is 5.73 Å². The van der Waals surface area contributed by atoms with Crippen LogP contribution in [0.2, 0.25) is 0 Å². The Morgan fingerprint density at radius 2 is 1.31 bits per heavy atom. The fraction of sp³-hybridized carbons (Fsp3) is 0.333. The number of nitrogens with zero attached hydrogens (tertiary/aromatic N) is 2. The maximum atomic E-state index is 12.1. The van der Waals surface area contributed by atoms with Crippen molar-refractivity contribution in [2.75, 3.05) is 13.1 Å². The molecule has 5 rings (SSSR count). The number of benzene rings is 2. The van der Waals surface area contributed by atoms with Crippen LogP contribution in [0, 0.1) is 0 Å². The van der Waals surface area contributed by atoms with E-state index < -0.39 is 18.1 Å². The second-order valence-corrected chi connectivity index (χ2v) is 9.93. The minimum atomic E-state index is -0.751. The molecule has 2 aromatic carbocycles. The van der Waals surface area contributed by atoms with Crippen molar-refractivity contribution in [3.05, 3.63) is 95.4 Å². The number of halogens is 1. The lowest BCUT2D eigenvalue weighted by molar-refractivity contribution is -0.124. The van der Waals surface area contributed by atoms with Gasteiger partial charge in [-0.25, -0.2) is 19.4 Å². The molecule has 3 aliphatic rings. The Labute approximate surface area is 250 Å². The number of hydrogen-bond donors (Lipinski definition) is 3. The summed E-state index contributed by atoms with van der Waals surface area (Å²) < 4.78 is 10.2. The van der Waals surface area contributed by atoms with Crippen LogP contribution in [-0.2, 0) is 32.3 Å². The van der Waals surface area contributed by atoms with E-state index in [0.717, 1.165) is 58.4 Å². The van der Waals surface area contributed by atoms with E-state index in [4.69, 9.17) is 20.3 Å². The van der Waals surface area contributed by atoms with Gasteiger partial charge in [-0.05, 0) is 24.0 Å². The molecule has 2 aromatic rings. The van der Waals surface area contributed by atoms with Gasteiger partial charge in [0.15, 0.2) is 0 Å². The van der Waals surface area contributed by atoms with Gasteiger partial charge in [-0.15, -0.1) is 12.4 Å². The highest BCUT2D eigenvalue weighted by atomic mass is 35.5. The van der Waals surface area contributed by atoms with Crippen molar-refractivity contribution in [3.63, 3.8) is 0 Å². The quantitative estimate of drug-likeness (QED) is 0.449. The molecule has 1 aliphatic carbocycles. The monoisotopic (exact) mass is 598 g/mol. The molecule has 42 heavy (non-hydrogen) atoms. The number of carbonyl (C=O) groups excluding carboxylic acids is 4. The van der Waals surface area contributed by atoms with Gasteiger partial charge in [0.25, 0.3) is 11.8 Å². The molecule has 2 aliphatic heterocycles. The molecule has 4 N–H and O–H groups in total. The molecule has 2 atom stereocenters. The summed E-state index contributed by atoms with van der Waals surface area (Å²) in [6.07, 6.45) is 5.36. The molecule has 2 heterocycles. The van der Waals surface area contributed by atoms with Gasteiger partial charge in [0.05, 0.1) is 13.1 Å². The van der Waals surface area contributed by atoms with E-state index in [2.05, 4.69) is 5.32 Å². The number of nitrogens with one attached hydrogen (secondary N) is 1. The van der Waals surface area contributed by atoms with E-state index in [-0.39, 0.29) is 62.5 Å². The van der Waals surface area contributed by atoms with Gasteiger partial charge < -0.3 is 25.6 Å². The molecule has 12 heteroatoms. The third-order valence-corrected chi connectivity index (χ3v) is 6.81. The topological polar surface area (TPSA) is 152 Å². The summed E-state index contributed by atoms with van der Waals surface area (Å²) in [5, 5.41) is 12.4. The Morgan fingerprint density at radius 1 is 0.810 bits per heavy atom. The highest BCUT2D eigenvalue weighted by molar-refractivity contribution is 6.02. The number of rotatable bonds is 6. The number of carbonyl (C=O) groups is 4. The van der Waals surface area contributed by atoms with E-state index in [1.165, 1.54) is 6.08 Å². The second-order valence-electron chi connectivity index (χ2n) is 9.93. The Kier molecular flexibility index (Phi) is 11.9. The molecule has 0 spiro atoms. The Bertz CT molecular complexity index is 1300. The lowest BCUT2D eigenvalue weighted by Crippen LogP contribution is -2.47. The molecule has 0 bridgehead atoms. The minimum Gasteiger partial charge on any atom is -0.510 e. The molecule has 1 unspecified atom stereocenters. The Morgan fingerprint density at radius 3 is 1.81 bits per heavy atom. The zero-order chi connectivity index (χ0) is 29.2. The number of aliphatic hydroxyl groups excluding tert-OH is 1. The number of aliphatic hydroxyl groups is 1. The maximum Gasteiger partial charge on any atom is 0.417 e. The molecule has 0 aromatic heterocycles. The van der Waals surface area contributed by atoms with Gasteiger partial charge in [0.2, 0.25) is 0 Å². The number of nitrogens with two attached hydrogens (primary N) is 1. The molecule has 11 nitrogen and oxygen atoms in total. The van der Waals surface area contributed by atoms with E-state index in [1.54, 1.807) is 0 Å². The second kappa shape index (κ2) is 15.6. The van der Waals surface area contributed by atoms with Crippen molar-refractivity contribution in [1.82, 2.24) is 15.1 Å². The van der Waals surface area contributed by atoms with Crippen LogP contribution in [0.3, 0.4) is 0 Å². The largest absolute Gasteiger partial charge is 0.510 e. The summed E-state index contributed by atoms with van der Waals surface area (Å²) in [7, 11) is 0. The van der Waals surface area contributed by atoms with Gasteiger partial charge in [0.1, 0.15) is 19.0 Å². The molecule has 1 fully saturated rings. The SMILES string of the molecule is Cl.N[C@@H]1CCCCC1NC1=CC(=O)N(C(=O)OCc2ccccc2)C1.O=C1C=C(O)CN1C(=O)OCc1ccccc1. The lowest BCUT2D eigenvalue weighted by atomic mass is 9.91. The third-order valence-electron chi connectivity index (χ3n) is 6.81. The van der Waals surface area contributed by atoms with Crippen LogP contribution in [-0.4, -0.2) is 64.1 Å². The van der Waals surface area contributed by atoms with E-state index in [0.29, 0.717) is 0 Å². The van der Waals surface area contributed by atoms with Crippen molar-refractivity contribution >= 4 is 36.4 Å². The van der Waals surface area contributed by atoms with Crippen LogP contribution >= 0.6 is 12.4 Å². The van der Waals surface area contributed by atoms with E-state index in [1.807, 2.05) is 60.7 Å². The first kappa shape index (κ1) is 32.2. The Hall–Kier alpha value is -4.35. The fourth-order valence-corrected chi connectivity index (χ4v) is 4.59. The summed E-state index contributed by atoms with van der Waals surface area (Å²) in [5.74, 6) is -1.04. The predicted octanol–water partition coefficient (Wildman–Crippen LogP) is 3.94. The van der Waals surface area contributed by atoms with Crippen molar-refractivity contribution < 1.29 is 33.8 Å². The molecule has 224 valence electrons. The van der Waals surface area contributed by atoms with Crippen LogP contribution in [0.5, 0.6) is 0 Å². The van der Waals surface area contributed by atoms with Crippen molar-refractivity contribution in [3.8, 4) is 0 Å². The molecule has 1 saturated carbocycles. The predicted molar refractivity (Wildman–Crippen MR) is 156 cm³/mol. The molecule has 4 amide bonds. The first-order valence-electron chi connectivity index (χ1n) is 13.5. The van der Waals surface area contributed by atoms with Crippen LogP contribution in [0.25, 0.3) is 0 Å². The summed E-state index contributed by atoms with van der Waals surface area (Å²) in [6, 6.07) is 18.8. The number of amides is 4. The summed E-state index contributed by atoms with van der Waals surface area (Å²) in [6.45, 7) is 0.353. The maximum absolute atomic E-state index is 12.1. The third kappa shape index (κ3) is 9.08. The number of hydrogen-bond acceptors (Lipinski definition) is 9. The zero-order valence-corrected chi connectivity index (χ0v) is 23.8. The number of ether oxygens (including phenoxy) is 2. The van der Waals surface area contributed by atoms with Gasteiger partial charge in [-0.3, -0.25) is 9.59 Å². The average molecular weight is 599 g/mol. The normalized spacial score (nSPS) is 19.5. The van der Waals surface area contributed by atoms with Crippen LogP contribution < -0.4 is 11.1 Å².